The summed E-state index contributed by atoms with van der Waals surface area (Å²) in [5, 5.41) is 12.8. The Balaban J connectivity index is 1.86. The zero-order chi connectivity index (χ0) is 17.4. The molecular weight excluding hydrogens is 304 g/mol. The Kier molecular flexibility index (Phi) is 6.78. The van der Waals surface area contributed by atoms with Gasteiger partial charge in [-0.2, -0.15) is 0 Å². The Hall–Kier alpha value is -2.37. The Morgan fingerprint density at radius 1 is 1.17 bits per heavy atom. The van der Waals surface area contributed by atoms with Gasteiger partial charge in [0.1, 0.15) is 12.4 Å². The number of aliphatic hydroxyl groups excluding tert-OH is 1. The summed E-state index contributed by atoms with van der Waals surface area (Å²) in [5.41, 5.74) is 1.50. The van der Waals surface area contributed by atoms with Gasteiger partial charge >= 0.3 is 0 Å². The average Bonchev–Trinajstić information content (AvgIpc) is 2.60. The van der Waals surface area contributed by atoms with Crippen LogP contribution in [0.1, 0.15) is 17.2 Å². The molecule has 0 aliphatic heterocycles. The van der Waals surface area contributed by atoms with Crippen molar-refractivity contribution in [3.8, 4) is 5.75 Å². The Morgan fingerprint density at radius 3 is 2.62 bits per heavy atom. The van der Waals surface area contributed by atoms with Crippen LogP contribution in [0.15, 0.2) is 54.6 Å². The molecule has 128 valence electrons. The van der Waals surface area contributed by atoms with Crippen LogP contribution in [-0.4, -0.2) is 43.2 Å². The molecule has 1 amide bonds. The molecular formula is C19H24N2O3. The SMILES string of the molecule is CN(C)CCOc1cccc(CNC(=O)C(O)c2ccccc2)c1. The molecule has 0 aromatic heterocycles. The lowest BCUT2D eigenvalue weighted by Crippen LogP contribution is -2.28. The van der Waals surface area contributed by atoms with Gasteiger partial charge < -0.3 is 20.1 Å². The summed E-state index contributed by atoms with van der Waals surface area (Å²) in [7, 11) is 3.99. The van der Waals surface area contributed by atoms with E-state index in [4.69, 9.17) is 4.74 Å². The summed E-state index contributed by atoms with van der Waals surface area (Å²) in [4.78, 5) is 14.1. The van der Waals surface area contributed by atoms with Gasteiger partial charge in [-0.25, -0.2) is 0 Å². The molecule has 1 atom stereocenters. The van der Waals surface area contributed by atoms with Crippen LogP contribution >= 0.6 is 0 Å². The summed E-state index contributed by atoms with van der Waals surface area (Å²) in [6.45, 7) is 1.79. The van der Waals surface area contributed by atoms with Gasteiger partial charge in [0, 0.05) is 13.1 Å². The molecule has 24 heavy (non-hydrogen) atoms. The summed E-state index contributed by atoms with van der Waals surface area (Å²) in [5.74, 6) is 0.354. The fourth-order valence-electron chi connectivity index (χ4n) is 2.16. The molecule has 0 saturated heterocycles. The van der Waals surface area contributed by atoms with Crippen LogP contribution in [0.3, 0.4) is 0 Å². The fraction of sp³-hybridized carbons (Fsp3) is 0.316. The van der Waals surface area contributed by atoms with Gasteiger partial charge in [0.15, 0.2) is 6.10 Å². The molecule has 2 aromatic carbocycles. The van der Waals surface area contributed by atoms with E-state index in [0.29, 0.717) is 18.7 Å². The number of carbonyl (C=O) groups is 1. The molecule has 2 aromatic rings. The van der Waals surface area contributed by atoms with Crippen molar-refractivity contribution < 1.29 is 14.6 Å². The van der Waals surface area contributed by atoms with Crippen LogP contribution in [0.4, 0.5) is 0 Å². The van der Waals surface area contributed by atoms with Crippen molar-refractivity contribution in [2.24, 2.45) is 0 Å². The zero-order valence-electron chi connectivity index (χ0n) is 14.1. The number of amides is 1. The van der Waals surface area contributed by atoms with Crippen molar-refractivity contribution in [3.63, 3.8) is 0 Å². The third kappa shape index (κ3) is 5.68. The van der Waals surface area contributed by atoms with Gasteiger partial charge in [-0.1, -0.05) is 42.5 Å². The summed E-state index contributed by atoms with van der Waals surface area (Å²) < 4.78 is 5.68. The van der Waals surface area contributed by atoms with Crippen molar-refractivity contribution in [1.82, 2.24) is 10.2 Å². The lowest BCUT2D eigenvalue weighted by atomic mass is 10.1. The molecule has 0 spiro atoms. The number of aliphatic hydroxyl groups is 1. The minimum atomic E-state index is -1.16. The number of ether oxygens (including phenoxy) is 1. The van der Waals surface area contributed by atoms with Gasteiger partial charge in [-0.15, -0.1) is 0 Å². The lowest BCUT2D eigenvalue weighted by Gasteiger charge is -2.13. The second-order valence-electron chi connectivity index (χ2n) is 5.83. The maximum absolute atomic E-state index is 12.1. The number of hydrogen-bond acceptors (Lipinski definition) is 4. The molecule has 0 aliphatic carbocycles. The van der Waals surface area contributed by atoms with Gasteiger partial charge in [-0.3, -0.25) is 4.79 Å². The van der Waals surface area contributed by atoms with Crippen LogP contribution in [0.2, 0.25) is 0 Å². The Bertz CT molecular complexity index is 644. The first-order valence-corrected chi connectivity index (χ1v) is 7.93. The van der Waals surface area contributed by atoms with E-state index >= 15 is 0 Å². The number of rotatable bonds is 8. The van der Waals surface area contributed by atoms with Gasteiger partial charge in [0.05, 0.1) is 0 Å². The molecule has 0 aliphatic rings. The van der Waals surface area contributed by atoms with E-state index in [1.807, 2.05) is 44.4 Å². The largest absolute Gasteiger partial charge is 0.492 e. The normalized spacial score (nSPS) is 12.0. The highest BCUT2D eigenvalue weighted by Gasteiger charge is 2.16. The molecule has 5 heteroatoms. The highest BCUT2D eigenvalue weighted by atomic mass is 16.5. The maximum Gasteiger partial charge on any atom is 0.253 e. The first-order valence-electron chi connectivity index (χ1n) is 7.93. The second kappa shape index (κ2) is 9.05. The molecule has 0 saturated carbocycles. The van der Waals surface area contributed by atoms with Gasteiger partial charge in [-0.05, 0) is 37.4 Å². The topological polar surface area (TPSA) is 61.8 Å². The van der Waals surface area contributed by atoms with Gasteiger partial charge in [0.25, 0.3) is 5.91 Å². The minimum absolute atomic E-state index is 0.341. The molecule has 2 rings (SSSR count). The molecule has 0 fully saturated rings. The third-order valence-corrected chi connectivity index (χ3v) is 3.54. The summed E-state index contributed by atoms with van der Waals surface area (Å²) in [6, 6.07) is 16.5. The van der Waals surface area contributed by atoms with E-state index in [2.05, 4.69) is 10.2 Å². The van der Waals surface area contributed by atoms with E-state index in [0.717, 1.165) is 17.9 Å². The van der Waals surface area contributed by atoms with Crippen molar-refractivity contribution >= 4 is 5.91 Å². The minimum Gasteiger partial charge on any atom is -0.492 e. The van der Waals surface area contributed by atoms with Crippen molar-refractivity contribution in [1.29, 1.82) is 0 Å². The number of hydrogen-bond donors (Lipinski definition) is 2. The number of benzene rings is 2. The van der Waals surface area contributed by atoms with Crippen LogP contribution in [0, 0.1) is 0 Å². The Morgan fingerprint density at radius 2 is 1.92 bits per heavy atom. The number of carbonyl (C=O) groups excluding carboxylic acids is 1. The Labute approximate surface area is 142 Å². The predicted molar refractivity (Wildman–Crippen MR) is 93.7 cm³/mol. The number of likely N-dealkylation sites (N-methyl/N-ethyl adjacent to an activating group) is 1. The van der Waals surface area contributed by atoms with E-state index in [1.165, 1.54) is 0 Å². The molecule has 1 unspecified atom stereocenters. The van der Waals surface area contributed by atoms with Gasteiger partial charge in [0.2, 0.25) is 0 Å². The predicted octanol–water partition coefficient (Wildman–Crippen LogP) is 1.98. The van der Waals surface area contributed by atoms with Crippen LogP contribution < -0.4 is 10.1 Å². The highest BCUT2D eigenvalue weighted by molar-refractivity contribution is 5.81. The van der Waals surface area contributed by atoms with Crippen molar-refractivity contribution in [2.75, 3.05) is 27.2 Å². The van der Waals surface area contributed by atoms with Crippen molar-refractivity contribution in [2.45, 2.75) is 12.6 Å². The van der Waals surface area contributed by atoms with E-state index in [9.17, 15) is 9.90 Å². The number of nitrogens with zero attached hydrogens (tertiary/aromatic N) is 1. The average molecular weight is 328 g/mol. The second-order valence-corrected chi connectivity index (χ2v) is 5.83. The maximum atomic E-state index is 12.1. The van der Waals surface area contributed by atoms with Crippen LogP contribution in [0.5, 0.6) is 5.75 Å². The third-order valence-electron chi connectivity index (χ3n) is 3.54. The van der Waals surface area contributed by atoms with E-state index < -0.39 is 12.0 Å². The number of nitrogens with one attached hydrogen (secondary N) is 1. The van der Waals surface area contributed by atoms with Crippen molar-refractivity contribution in [3.05, 3.63) is 65.7 Å². The first kappa shape index (κ1) is 18.0. The molecule has 0 bridgehead atoms. The molecule has 0 heterocycles. The fourth-order valence-corrected chi connectivity index (χ4v) is 2.16. The molecule has 0 radical (unpaired) electrons. The van der Waals surface area contributed by atoms with Crippen LogP contribution in [-0.2, 0) is 11.3 Å². The standard InChI is InChI=1S/C19H24N2O3/c1-21(2)11-12-24-17-10-6-7-15(13-17)14-20-19(23)18(22)16-8-4-3-5-9-16/h3-10,13,18,22H,11-12,14H2,1-2H3,(H,20,23). The first-order chi connectivity index (χ1) is 11.6. The van der Waals surface area contributed by atoms with Crippen LogP contribution in [0.25, 0.3) is 0 Å². The highest BCUT2D eigenvalue weighted by Crippen LogP contribution is 2.15. The lowest BCUT2D eigenvalue weighted by molar-refractivity contribution is -0.129. The smallest absolute Gasteiger partial charge is 0.253 e. The summed E-state index contributed by atoms with van der Waals surface area (Å²) >= 11 is 0. The molecule has 2 N–H and O–H groups in total. The summed E-state index contributed by atoms with van der Waals surface area (Å²) in [6.07, 6.45) is -1.16. The molecule has 5 nitrogen and oxygen atoms in total. The quantitative estimate of drug-likeness (QED) is 0.778. The monoisotopic (exact) mass is 328 g/mol. The van der Waals surface area contributed by atoms with E-state index in [1.54, 1.807) is 24.3 Å². The zero-order valence-corrected chi connectivity index (χ0v) is 14.1. The van der Waals surface area contributed by atoms with E-state index in [-0.39, 0.29) is 0 Å².